The lowest BCUT2D eigenvalue weighted by Gasteiger charge is -2.42. The largest absolute Gasteiger partial charge is 0.474 e. The van der Waals surface area contributed by atoms with E-state index in [1.807, 2.05) is 80.9 Å². The normalized spacial score (nSPS) is 23.6. The van der Waals surface area contributed by atoms with E-state index >= 15 is 0 Å². The maximum Gasteiger partial charge on any atom is 0.410 e. The van der Waals surface area contributed by atoms with E-state index in [1.165, 1.54) is 0 Å². The average Bonchev–Trinajstić information content (AvgIpc) is 3.58. The van der Waals surface area contributed by atoms with Gasteiger partial charge in [-0.2, -0.15) is 5.10 Å². The first-order chi connectivity index (χ1) is 21.1. The summed E-state index contributed by atoms with van der Waals surface area (Å²) in [5.74, 6) is 1.34. The summed E-state index contributed by atoms with van der Waals surface area (Å²) in [6, 6.07) is 8.57. The van der Waals surface area contributed by atoms with E-state index in [2.05, 4.69) is 27.2 Å². The van der Waals surface area contributed by atoms with Crippen molar-refractivity contribution < 1.29 is 19.0 Å². The molecule has 0 radical (unpaired) electrons. The Hall–Kier alpha value is -3.73. The topological polar surface area (TPSA) is 108 Å². The molecule has 3 aromatic heterocycles. The van der Waals surface area contributed by atoms with Crippen LogP contribution in [0.4, 0.5) is 10.6 Å². The van der Waals surface area contributed by atoms with Gasteiger partial charge in [-0.15, -0.1) is 10.2 Å². The molecule has 0 N–H and O–H groups in total. The predicted octanol–water partition coefficient (Wildman–Crippen LogP) is 6.26. The van der Waals surface area contributed by atoms with Crippen molar-refractivity contribution in [3.8, 4) is 28.4 Å². The number of amides is 1. The Morgan fingerprint density at radius 1 is 1.02 bits per heavy atom. The lowest BCUT2D eigenvalue weighted by molar-refractivity contribution is -0.0394. The van der Waals surface area contributed by atoms with Gasteiger partial charge >= 0.3 is 6.09 Å². The summed E-state index contributed by atoms with van der Waals surface area (Å²) in [4.78, 5) is 21.9. The Bertz CT molecular complexity index is 1430. The van der Waals surface area contributed by atoms with Gasteiger partial charge in [-0.05, 0) is 104 Å². The molecular formula is C33H45N7O4. The summed E-state index contributed by atoms with van der Waals surface area (Å²) < 4.78 is 19.7. The first-order valence-corrected chi connectivity index (χ1v) is 16.0. The van der Waals surface area contributed by atoms with Crippen LogP contribution in [0.5, 0.6) is 5.88 Å². The highest BCUT2D eigenvalue weighted by atomic mass is 16.6. The number of aromatic nitrogens is 5. The molecule has 3 aromatic rings. The van der Waals surface area contributed by atoms with Gasteiger partial charge in [0.25, 0.3) is 0 Å². The van der Waals surface area contributed by atoms with E-state index < -0.39 is 5.60 Å². The smallest absolute Gasteiger partial charge is 0.410 e. The average molecular weight is 604 g/mol. The van der Waals surface area contributed by atoms with Gasteiger partial charge in [0.05, 0.1) is 18.0 Å². The molecule has 3 saturated heterocycles. The number of anilines is 1. The first-order valence-electron chi connectivity index (χ1n) is 16.0. The minimum absolute atomic E-state index is 0.0289. The number of hydrogen-bond acceptors (Lipinski definition) is 9. The first kappa shape index (κ1) is 30.3. The summed E-state index contributed by atoms with van der Waals surface area (Å²) in [5.41, 5.74) is 2.68. The fourth-order valence-electron chi connectivity index (χ4n) is 6.60. The second-order valence-electron chi connectivity index (χ2n) is 13.5. The number of pyridine rings is 1. The van der Waals surface area contributed by atoms with E-state index in [1.54, 1.807) is 0 Å². The molecule has 236 valence electrons. The van der Waals surface area contributed by atoms with Crippen LogP contribution < -0.4 is 9.64 Å². The zero-order valence-corrected chi connectivity index (χ0v) is 26.8. The zero-order chi connectivity index (χ0) is 31.0. The molecular weight excluding hydrogens is 558 g/mol. The monoisotopic (exact) mass is 603 g/mol. The van der Waals surface area contributed by atoms with E-state index in [0.717, 1.165) is 68.5 Å². The minimum Gasteiger partial charge on any atom is -0.474 e. The second-order valence-corrected chi connectivity index (χ2v) is 13.5. The van der Waals surface area contributed by atoms with Crippen molar-refractivity contribution in [2.75, 3.05) is 18.6 Å². The van der Waals surface area contributed by atoms with Gasteiger partial charge in [0, 0.05) is 49.1 Å². The van der Waals surface area contributed by atoms with Gasteiger partial charge in [-0.1, -0.05) is 0 Å². The molecule has 3 aliphatic heterocycles. The SMILES string of the molecule is CC(C)Oc1nc(-c2ccc(N(C)C3C[C@H]4CC[C@@H](C3)N4C(=O)OC(C)(C)C)nn2)ccc1-c1cnn(C2CCCCO2)c1. The van der Waals surface area contributed by atoms with Gasteiger partial charge in [0.2, 0.25) is 5.88 Å². The third-order valence-electron chi connectivity index (χ3n) is 8.71. The van der Waals surface area contributed by atoms with E-state index in [9.17, 15) is 4.79 Å². The van der Waals surface area contributed by atoms with Crippen LogP contribution in [-0.2, 0) is 9.47 Å². The van der Waals surface area contributed by atoms with Crippen molar-refractivity contribution in [3.63, 3.8) is 0 Å². The molecule has 6 rings (SSSR count). The molecule has 0 aliphatic carbocycles. The van der Waals surface area contributed by atoms with Gasteiger partial charge in [0.1, 0.15) is 17.5 Å². The Labute approximate surface area is 259 Å². The molecule has 3 fully saturated rings. The van der Waals surface area contributed by atoms with Crippen molar-refractivity contribution in [2.45, 2.75) is 116 Å². The Morgan fingerprint density at radius 3 is 2.41 bits per heavy atom. The van der Waals surface area contributed by atoms with Crippen LogP contribution in [0.2, 0.25) is 0 Å². The number of nitrogens with zero attached hydrogens (tertiary/aromatic N) is 7. The third kappa shape index (κ3) is 6.52. The van der Waals surface area contributed by atoms with Crippen molar-refractivity contribution in [2.24, 2.45) is 0 Å². The number of carbonyl (C=O) groups is 1. The van der Waals surface area contributed by atoms with Crippen LogP contribution in [0.25, 0.3) is 22.5 Å². The molecule has 3 aliphatic rings. The third-order valence-corrected chi connectivity index (χ3v) is 8.71. The predicted molar refractivity (Wildman–Crippen MR) is 167 cm³/mol. The Kier molecular flexibility index (Phi) is 8.50. The highest BCUT2D eigenvalue weighted by Gasteiger charge is 2.46. The second kappa shape index (κ2) is 12.3. The number of fused-ring (bicyclic) bond motifs is 2. The molecule has 4 atom stereocenters. The van der Waals surface area contributed by atoms with Crippen LogP contribution in [0.15, 0.2) is 36.7 Å². The minimum atomic E-state index is -0.494. The van der Waals surface area contributed by atoms with Crippen molar-refractivity contribution in [1.82, 2.24) is 29.9 Å². The molecule has 11 nitrogen and oxygen atoms in total. The molecule has 0 aromatic carbocycles. The fourth-order valence-corrected chi connectivity index (χ4v) is 6.60. The molecule has 2 bridgehead atoms. The molecule has 0 spiro atoms. The Morgan fingerprint density at radius 2 is 1.77 bits per heavy atom. The number of piperidine rings is 1. The molecule has 11 heteroatoms. The van der Waals surface area contributed by atoms with Crippen LogP contribution in [0, 0.1) is 0 Å². The maximum atomic E-state index is 12.9. The zero-order valence-electron chi connectivity index (χ0n) is 26.8. The molecule has 6 heterocycles. The van der Waals surface area contributed by atoms with Gasteiger partial charge in [-0.3, -0.25) is 0 Å². The molecule has 44 heavy (non-hydrogen) atoms. The quantitative estimate of drug-likeness (QED) is 0.309. The van der Waals surface area contributed by atoms with E-state index in [-0.39, 0.29) is 36.6 Å². The number of rotatable bonds is 7. The highest BCUT2D eigenvalue weighted by Crippen LogP contribution is 2.39. The van der Waals surface area contributed by atoms with E-state index in [0.29, 0.717) is 17.3 Å². The summed E-state index contributed by atoms with van der Waals surface area (Å²) in [6.07, 6.45) is 10.6. The Balaban J connectivity index is 1.16. The van der Waals surface area contributed by atoms with Crippen molar-refractivity contribution in [1.29, 1.82) is 0 Å². The van der Waals surface area contributed by atoms with Crippen molar-refractivity contribution >= 4 is 11.9 Å². The lowest BCUT2D eigenvalue weighted by Crippen LogP contribution is -2.53. The van der Waals surface area contributed by atoms with Gasteiger partial charge in [-0.25, -0.2) is 14.5 Å². The fraction of sp³-hybridized carbons (Fsp3) is 0.606. The summed E-state index contributed by atoms with van der Waals surface area (Å²) >= 11 is 0. The van der Waals surface area contributed by atoms with E-state index in [4.69, 9.17) is 19.2 Å². The van der Waals surface area contributed by atoms with Crippen LogP contribution >= 0.6 is 0 Å². The summed E-state index contributed by atoms with van der Waals surface area (Å²) in [7, 11) is 2.07. The summed E-state index contributed by atoms with van der Waals surface area (Å²) in [5, 5.41) is 13.7. The van der Waals surface area contributed by atoms with Gasteiger partial charge in [0.15, 0.2) is 5.82 Å². The highest BCUT2D eigenvalue weighted by molar-refractivity contribution is 5.71. The number of carbonyl (C=O) groups excluding carboxylic acids is 1. The molecule has 2 unspecified atom stereocenters. The van der Waals surface area contributed by atoms with Gasteiger partial charge < -0.3 is 24.0 Å². The lowest BCUT2D eigenvalue weighted by atomic mass is 9.96. The number of ether oxygens (including phenoxy) is 3. The molecule has 0 saturated carbocycles. The van der Waals surface area contributed by atoms with Crippen LogP contribution in [0.1, 0.15) is 85.8 Å². The summed E-state index contributed by atoms with van der Waals surface area (Å²) in [6.45, 7) is 10.5. The standard InChI is InChI=1S/C33H45N7O4/c1-21(2)43-31-26(22-19-34-39(20-22)30-9-7-8-16-42-30)12-13-27(35-31)28-14-15-29(37-36-28)38(6)25-17-23-10-11-24(18-25)40(23)32(41)44-33(3,4)5/h12-15,19-21,23-25,30H,7-11,16-18H2,1-6H3/t23-,24+,25?,30?. The maximum absolute atomic E-state index is 12.9. The van der Waals surface area contributed by atoms with Crippen LogP contribution in [-0.4, -0.2) is 79.4 Å². The molecule has 1 amide bonds. The number of hydrogen-bond donors (Lipinski definition) is 0. The van der Waals surface area contributed by atoms with Crippen molar-refractivity contribution in [3.05, 3.63) is 36.7 Å². The van der Waals surface area contributed by atoms with Crippen LogP contribution in [0.3, 0.4) is 0 Å².